The Balaban J connectivity index is -0.000000594. The maximum atomic E-state index is 11.1. The predicted molar refractivity (Wildman–Crippen MR) is 127 cm³/mol. The van der Waals surface area contributed by atoms with Gasteiger partial charge in [-0.25, -0.2) is 4.68 Å². The van der Waals surface area contributed by atoms with E-state index in [9.17, 15) is 9.59 Å². The summed E-state index contributed by atoms with van der Waals surface area (Å²) in [4.78, 5) is 21.4. The summed E-state index contributed by atoms with van der Waals surface area (Å²) >= 11 is 0. The first-order chi connectivity index (χ1) is 14.2. The third-order valence-electron chi connectivity index (χ3n) is 4.89. The van der Waals surface area contributed by atoms with Crippen LogP contribution in [0.1, 0.15) is 94.2 Å². The fourth-order valence-corrected chi connectivity index (χ4v) is 2.75. The van der Waals surface area contributed by atoms with Crippen LogP contribution in [0.5, 0.6) is 0 Å². The summed E-state index contributed by atoms with van der Waals surface area (Å²) in [7, 11) is 0. The molecule has 0 aliphatic rings. The zero-order valence-electron chi connectivity index (χ0n) is 22.4. The Morgan fingerprint density at radius 1 is 1.19 bits per heavy atom. The number of carbonyl (C=O) groups excluding carboxylic acids is 2. The van der Waals surface area contributed by atoms with Crippen molar-refractivity contribution in [1.82, 2.24) is 20.3 Å². The zero-order chi connectivity index (χ0) is 24.8. The molecule has 0 spiro atoms. The molecule has 8 nitrogen and oxygen atoms in total. The molecule has 1 rings (SSSR count). The van der Waals surface area contributed by atoms with Crippen molar-refractivity contribution in [2.24, 2.45) is 11.8 Å². The maximum absolute atomic E-state index is 11.1. The minimum absolute atomic E-state index is 0. The van der Waals surface area contributed by atoms with Gasteiger partial charge < -0.3 is 21.0 Å². The molecule has 3 N–H and O–H groups in total. The van der Waals surface area contributed by atoms with Crippen molar-refractivity contribution in [3.63, 3.8) is 0 Å². The van der Waals surface area contributed by atoms with E-state index in [1.165, 1.54) is 0 Å². The predicted octanol–water partition coefficient (Wildman–Crippen LogP) is 1.48. The van der Waals surface area contributed by atoms with E-state index in [0.29, 0.717) is 18.8 Å². The Hall–Kier alpha value is -0.324. The third kappa shape index (κ3) is 15.5. The van der Waals surface area contributed by atoms with Crippen LogP contribution in [0.25, 0.3) is 5.73 Å². The molecule has 0 aromatic carbocycles. The van der Waals surface area contributed by atoms with Gasteiger partial charge in [0.1, 0.15) is 0 Å². The number of hydrogen-bond acceptors (Lipinski definition) is 5. The van der Waals surface area contributed by atoms with Crippen LogP contribution >= 0.6 is 0 Å². The summed E-state index contributed by atoms with van der Waals surface area (Å²) in [5.41, 5.74) is 7.38. The van der Waals surface area contributed by atoms with Crippen molar-refractivity contribution in [1.29, 1.82) is 0 Å². The van der Waals surface area contributed by atoms with Gasteiger partial charge in [-0.1, -0.05) is 53.7 Å². The number of aliphatic hydroxyl groups excluding tert-OH is 1. The van der Waals surface area contributed by atoms with Gasteiger partial charge in [0.15, 0.2) is 0 Å². The first-order valence-electron chi connectivity index (χ1n) is 11.3. The second kappa shape index (κ2) is 18.1. The van der Waals surface area contributed by atoms with Crippen LogP contribution in [0.3, 0.4) is 0 Å². The van der Waals surface area contributed by atoms with Crippen molar-refractivity contribution >= 4 is 11.8 Å². The first-order valence-corrected chi connectivity index (χ1v) is 11.3. The number of hydrogen-bond donors (Lipinski definition) is 2. The van der Waals surface area contributed by atoms with Crippen LogP contribution in [0.2, 0.25) is 0 Å². The van der Waals surface area contributed by atoms with Gasteiger partial charge in [-0.15, -0.1) is 5.10 Å². The molecule has 1 heterocycles. The number of nitrogens with zero attached hydrogens (tertiary/aromatic N) is 3. The quantitative estimate of drug-likeness (QED) is 0.492. The molecule has 32 heavy (non-hydrogen) atoms. The number of carbonyl (C=O) groups is 2. The average Bonchev–Trinajstić information content (AvgIpc) is 3.15. The minimum Gasteiger partial charge on any atom is -0.668 e. The second-order valence-electron chi connectivity index (χ2n) is 9.35. The molecule has 1 aromatic rings. The van der Waals surface area contributed by atoms with E-state index in [1.807, 2.05) is 47.7 Å². The second-order valence-corrected chi connectivity index (χ2v) is 9.35. The van der Waals surface area contributed by atoms with E-state index in [2.05, 4.69) is 29.5 Å². The minimum atomic E-state index is -0.556. The number of amides is 2. The van der Waals surface area contributed by atoms with Gasteiger partial charge in [0, 0.05) is 31.7 Å². The van der Waals surface area contributed by atoms with E-state index >= 15 is 0 Å². The number of aliphatic hydroxyl groups is 1. The SMILES string of the molecule is CC.CC(=O)NCCC(C)C.CC(CC(C)(C)n1cc(C(C)(C)CCO)nn1)C([NH-])=O.[K+]. The molecular formula is C23H46KN5O3. The van der Waals surface area contributed by atoms with Gasteiger partial charge in [-0.05, 0) is 44.9 Å². The summed E-state index contributed by atoms with van der Waals surface area (Å²) in [6, 6.07) is 0. The molecule has 1 aromatic heterocycles. The first kappa shape index (κ1) is 36.2. The van der Waals surface area contributed by atoms with Crippen LogP contribution in [0.15, 0.2) is 6.20 Å². The fraction of sp³-hybridized carbons (Fsp3) is 0.826. The van der Waals surface area contributed by atoms with E-state index in [0.717, 1.165) is 18.7 Å². The third-order valence-corrected chi connectivity index (χ3v) is 4.89. The van der Waals surface area contributed by atoms with Gasteiger partial charge in [-0.2, -0.15) is 0 Å². The molecule has 0 radical (unpaired) electrons. The molecule has 1 unspecified atom stereocenters. The smallest absolute Gasteiger partial charge is 0.668 e. The summed E-state index contributed by atoms with van der Waals surface area (Å²) in [5.74, 6) is -0.144. The summed E-state index contributed by atoms with van der Waals surface area (Å²) in [5, 5.41) is 20.2. The standard InChI is InChI=1S/C14H26N4O2.C7H15NO.C2H6.K/c1-10(12(15)20)8-14(4,5)18-9-11(16-17-18)13(2,3)6-7-19;1-6(2)4-5-8-7(3)9;1-2;/h9-10,19H,6-8H2,1-5H3,(H2,15,20);6H,4-5H2,1-3H3,(H,8,9);1-2H3;/q;;;+1/p-1. The number of nitrogens with one attached hydrogen (secondary N) is 2. The Labute approximate surface area is 238 Å². The van der Waals surface area contributed by atoms with E-state index in [-0.39, 0.29) is 80.8 Å². The Morgan fingerprint density at radius 2 is 1.72 bits per heavy atom. The van der Waals surface area contributed by atoms with Crippen LogP contribution in [0.4, 0.5) is 0 Å². The monoisotopic (exact) mass is 479 g/mol. The Kier molecular flexibility index (Phi) is 20.5. The average molecular weight is 480 g/mol. The Morgan fingerprint density at radius 3 is 2.12 bits per heavy atom. The van der Waals surface area contributed by atoms with E-state index in [4.69, 9.17) is 10.8 Å². The van der Waals surface area contributed by atoms with E-state index in [1.54, 1.807) is 18.5 Å². The van der Waals surface area contributed by atoms with Crippen molar-refractivity contribution in [2.75, 3.05) is 13.2 Å². The molecule has 0 bridgehead atoms. The van der Waals surface area contributed by atoms with Gasteiger partial charge in [0.25, 0.3) is 0 Å². The molecule has 2 amide bonds. The van der Waals surface area contributed by atoms with Crippen LogP contribution in [0, 0.1) is 11.8 Å². The zero-order valence-corrected chi connectivity index (χ0v) is 25.5. The van der Waals surface area contributed by atoms with Crippen LogP contribution in [-0.2, 0) is 20.5 Å². The number of aromatic nitrogens is 3. The molecule has 0 aliphatic heterocycles. The van der Waals surface area contributed by atoms with Crippen molar-refractivity contribution in [3.8, 4) is 0 Å². The Bertz CT molecular complexity index is 645. The molecule has 0 fully saturated rings. The molecule has 9 heteroatoms. The van der Waals surface area contributed by atoms with Crippen LogP contribution < -0.4 is 56.7 Å². The van der Waals surface area contributed by atoms with Crippen molar-refractivity contribution < 1.29 is 66.1 Å². The fourth-order valence-electron chi connectivity index (χ4n) is 2.75. The summed E-state index contributed by atoms with van der Waals surface area (Å²) in [6.45, 7) is 20.5. The molecule has 0 saturated carbocycles. The summed E-state index contributed by atoms with van der Waals surface area (Å²) in [6.07, 6.45) is 4.10. The maximum Gasteiger partial charge on any atom is 1.00 e. The molecule has 1 atom stereocenters. The van der Waals surface area contributed by atoms with Gasteiger partial charge in [-0.3, -0.25) is 4.79 Å². The topological polar surface area (TPSA) is 121 Å². The van der Waals surface area contributed by atoms with Gasteiger partial charge in [0.2, 0.25) is 5.91 Å². The largest absolute Gasteiger partial charge is 1.00 e. The molecule has 0 aliphatic carbocycles. The van der Waals surface area contributed by atoms with Crippen LogP contribution in [-0.4, -0.2) is 45.1 Å². The van der Waals surface area contributed by atoms with Crippen molar-refractivity contribution in [3.05, 3.63) is 17.6 Å². The van der Waals surface area contributed by atoms with Gasteiger partial charge >= 0.3 is 51.4 Å². The van der Waals surface area contributed by atoms with Gasteiger partial charge in [0.05, 0.1) is 17.1 Å². The molecule has 0 saturated heterocycles. The molecule has 182 valence electrons. The number of rotatable bonds is 10. The molecular weight excluding hydrogens is 433 g/mol. The van der Waals surface area contributed by atoms with E-state index < -0.39 is 5.91 Å². The summed E-state index contributed by atoms with van der Waals surface area (Å²) < 4.78 is 1.75. The van der Waals surface area contributed by atoms with Crippen molar-refractivity contribution in [2.45, 2.75) is 99.5 Å². The normalized spacial score (nSPS) is 11.9.